The van der Waals surface area contributed by atoms with Crippen molar-refractivity contribution in [2.45, 2.75) is 19.1 Å². The predicted molar refractivity (Wildman–Crippen MR) is 82.0 cm³/mol. The van der Waals surface area contributed by atoms with E-state index >= 15 is 0 Å². The summed E-state index contributed by atoms with van der Waals surface area (Å²) in [6, 6.07) is 13.0. The van der Waals surface area contributed by atoms with Gasteiger partial charge in [-0.25, -0.2) is 9.78 Å². The SMILES string of the molecule is O=C(NC1COc2nc(Cl)ccc2C1)OCc1ccccc1. The molecule has 6 heteroatoms. The Hall–Kier alpha value is -2.27. The van der Waals surface area contributed by atoms with E-state index in [-0.39, 0.29) is 12.6 Å². The summed E-state index contributed by atoms with van der Waals surface area (Å²) in [5.74, 6) is 0.531. The van der Waals surface area contributed by atoms with Crippen LogP contribution in [0.5, 0.6) is 5.88 Å². The number of carbonyl (C=O) groups is 1. The Balaban J connectivity index is 1.51. The number of hydrogen-bond donors (Lipinski definition) is 1. The zero-order valence-electron chi connectivity index (χ0n) is 11.8. The summed E-state index contributed by atoms with van der Waals surface area (Å²) in [4.78, 5) is 15.9. The van der Waals surface area contributed by atoms with E-state index in [0.29, 0.717) is 24.1 Å². The first-order chi connectivity index (χ1) is 10.7. The van der Waals surface area contributed by atoms with Crippen molar-refractivity contribution in [3.63, 3.8) is 0 Å². The Labute approximate surface area is 133 Å². The van der Waals surface area contributed by atoms with E-state index in [1.54, 1.807) is 6.07 Å². The summed E-state index contributed by atoms with van der Waals surface area (Å²) in [6.07, 6.45) is 0.183. The van der Waals surface area contributed by atoms with Crippen LogP contribution in [-0.4, -0.2) is 23.7 Å². The number of carbonyl (C=O) groups excluding carboxylic acids is 1. The summed E-state index contributed by atoms with van der Waals surface area (Å²) in [7, 11) is 0. The number of nitrogens with zero attached hydrogens (tertiary/aromatic N) is 1. The summed E-state index contributed by atoms with van der Waals surface area (Å²) in [5, 5.41) is 3.19. The number of fused-ring (bicyclic) bond motifs is 1. The van der Waals surface area contributed by atoms with Gasteiger partial charge in [0.2, 0.25) is 5.88 Å². The fraction of sp³-hybridized carbons (Fsp3) is 0.250. The Morgan fingerprint density at radius 1 is 1.32 bits per heavy atom. The molecule has 1 aliphatic heterocycles. The number of alkyl carbamates (subject to hydrolysis) is 1. The molecule has 3 rings (SSSR count). The average molecular weight is 319 g/mol. The molecule has 0 saturated carbocycles. The zero-order valence-corrected chi connectivity index (χ0v) is 12.5. The van der Waals surface area contributed by atoms with E-state index in [9.17, 15) is 4.79 Å². The largest absolute Gasteiger partial charge is 0.475 e. The van der Waals surface area contributed by atoms with Crippen LogP contribution in [0, 0.1) is 0 Å². The maximum Gasteiger partial charge on any atom is 0.407 e. The van der Waals surface area contributed by atoms with Crippen molar-refractivity contribution >= 4 is 17.7 Å². The summed E-state index contributed by atoms with van der Waals surface area (Å²) < 4.78 is 10.7. The topological polar surface area (TPSA) is 60.5 Å². The van der Waals surface area contributed by atoms with Crippen molar-refractivity contribution in [3.8, 4) is 5.88 Å². The van der Waals surface area contributed by atoms with Gasteiger partial charge in [-0.2, -0.15) is 0 Å². The van der Waals surface area contributed by atoms with Crippen molar-refractivity contribution in [2.75, 3.05) is 6.61 Å². The Kier molecular flexibility index (Phi) is 4.44. The van der Waals surface area contributed by atoms with Crippen LogP contribution in [0.3, 0.4) is 0 Å². The first kappa shape index (κ1) is 14.7. The Morgan fingerprint density at radius 2 is 2.14 bits per heavy atom. The fourth-order valence-corrected chi connectivity index (χ4v) is 2.39. The predicted octanol–water partition coefficient (Wildman–Crippen LogP) is 2.96. The third-order valence-electron chi connectivity index (χ3n) is 3.33. The van der Waals surface area contributed by atoms with E-state index in [2.05, 4.69) is 10.3 Å². The monoisotopic (exact) mass is 318 g/mol. The highest BCUT2D eigenvalue weighted by Gasteiger charge is 2.23. The second-order valence-corrected chi connectivity index (χ2v) is 5.40. The van der Waals surface area contributed by atoms with Gasteiger partial charge in [0.1, 0.15) is 18.4 Å². The van der Waals surface area contributed by atoms with E-state index in [1.807, 2.05) is 36.4 Å². The normalized spacial score (nSPS) is 16.3. The minimum absolute atomic E-state index is 0.140. The Morgan fingerprint density at radius 3 is 2.95 bits per heavy atom. The van der Waals surface area contributed by atoms with Gasteiger partial charge in [0.15, 0.2) is 0 Å². The molecule has 1 N–H and O–H groups in total. The molecule has 1 amide bonds. The third kappa shape index (κ3) is 3.68. The van der Waals surface area contributed by atoms with E-state index < -0.39 is 6.09 Å². The van der Waals surface area contributed by atoms with Crippen LogP contribution in [0.4, 0.5) is 4.79 Å². The van der Waals surface area contributed by atoms with Gasteiger partial charge < -0.3 is 14.8 Å². The van der Waals surface area contributed by atoms with E-state index in [0.717, 1.165) is 11.1 Å². The maximum atomic E-state index is 11.8. The van der Waals surface area contributed by atoms with Crippen LogP contribution in [0.1, 0.15) is 11.1 Å². The molecular weight excluding hydrogens is 304 g/mol. The highest BCUT2D eigenvalue weighted by Crippen LogP contribution is 2.24. The lowest BCUT2D eigenvalue weighted by molar-refractivity contribution is 0.128. The van der Waals surface area contributed by atoms with Gasteiger partial charge in [-0.15, -0.1) is 0 Å². The molecule has 0 fully saturated rings. The zero-order chi connectivity index (χ0) is 15.4. The molecule has 2 aromatic rings. The fourth-order valence-electron chi connectivity index (χ4n) is 2.26. The minimum Gasteiger partial charge on any atom is -0.475 e. The van der Waals surface area contributed by atoms with Gasteiger partial charge in [-0.1, -0.05) is 48.0 Å². The van der Waals surface area contributed by atoms with Gasteiger partial charge in [-0.05, 0) is 11.6 Å². The molecule has 0 bridgehead atoms. The molecule has 1 aromatic carbocycles. The summed E-state index contributed by atoms with van der Waals surface area (Å²) >= 11 is 5.82. The second kappa shape index (κ2) is 6.66. The number of nitrogens with one attached hydrogen (secondary N) is 1. The maximum absolute atomic E-state index is 11.8. The van der Waals surface area contributed by atoms with Crippen LogP contribution < -0.4 is 10.1 Å². The quantitative estimate of drug-likeness (QED) is 0.884. The molecule has 1 atom stereocenters. The van der Waals surface area contributed by atoms with E-state index in [1.165, 1.54) is 0 Å². The van der Waals surface area contributed by atoms with Crippen molar-refractivity contribution in [3.05, 3.63) is 58.7 Å². The highest BCUT2D eigenvalue weighted by molar-refractivity contribution is 6.29. The molecule has 1 aromatic heterocycles. The molecule has 0 radical (unpaired) electrons. The van der Waals surface area contributed by atoms with Crippen molar-refractivity contribution in [1.82, 2.24) is 10.3 Å². The summed E-state index contributed by atoms with van der Waals surface area (Å²) in [5.41, 5.74) is 1.87. The van der Waals surface area contributed by atoms with Crippen LogP contribution in [0.15, 0.2) is 42.5 Å². The number of pyridine rings is 1. The number of rotatable bonds is 3. The first-order valence-electron chi connectivity index (χ1n) is 6.96. The van der Waals surface area contributed by atoms with Crippen LogP contribution in [0.25, 0.3) is 0 Å². The molecule has 0 aliphatic carbocycles. The number of amides is 1. The lowest BCUT2D eigenvalue weighted by Crippen LogP contribution is -2.43. The molecule has 0 spiro atoms. The number of hydrogen-bond acceptors (Lipinski definition) is 4. The molecule has 0 saturated heterocycles. The summed E-state index contributed by atoms with van der Waals surface area (Å²) in [6.45, 7) is 0.592. The van der Waals surface area contributed by atoms with Gasteiger partial charge in [0.05, 0.1) is 6.04 Å². The van der Waals surface area contributed by atoms with Crippen LogP contribution >= 0.6 is 11.6 Å². The molecule has 2 heterocycles. The van der Waals surface area contributed by atoms with Crippen LogP contribution in [-0.2, 0) is 17.8 Å². The molecule has 5 nitrogen and oxygen atoms in total. The smallest absolute Gasteiger partial charge is 0.407 e. The lowest BCUT2D eigenvalue weighted by Gasteiger charge is -2.24. The second-order valence-electron chi connectivity index (χ2n) is 5.02. The first-order valence-corrected chi connectivity index (χ1v) is 7.34. The van der Waals surface area contributed by atoms with Crippen LogP contribution in [0.2, 0.25) is 5.15 Å². The van der Waals surface area contributed by atoms with Crippen molar-refractivity contribution < 1.29 is 14.3 Å². The van der Waals surface area contributed by atoms with Crippen molar-refractivity contribution in [2.24, 2.45) is 0 Å². The molecule has 1 unspecified atom stereocenters. The number of benzene rings is 1. The molecule has 1 aliphatic rings. The van der Waals surface area contributed by atoms with Crippen molar-refractivity contribution in [1.29, 1.82) is 0 Å². The number of aromatic nitrogens is 1. The van der Waals surface area contributed by atoms with Gasteiger partial charge in [0, 0.05) is 12.0 Å². The lowest BCUT2D eigenvalue weighted by atomic mass is 10.1. The standard InChI is InChI=1S/C16H15ClN2O3/c17-14-7-6-12-8-13(10-21-15(12)19-14)18-16(20)22-9-11-4-2-1-3-5-11/h1-7,13H,8-10H2,(H,18,20). The average Bonchev–Trinajstić information content (AvgIpc) is 2.54. The number of ether oxygens (including phenoxy) is 2. The molecule has 114 valence electrons. The van der Waals surface area contributed by atoms with Gasteiger partial charge >= 0.3 is 6.09 Å². The Bertz CT molecular complexity index is 664. The molecular formula is C16H15ClN2O3. The van der Waals surface area contributed by atoms with Gasteiger partial charge in [-0.3, -0.25) is 0 Å². The number of halogens is 1. The highest BCUT2D eigenvalue weighted by atomic mass is 35.5. The molecule has 22 heavy (non-hydrogen) atoms. The minimum atomic E-state index is -0.456. The van der Waals surface area contributed by atoms with Gasteiger partial charge in [0.25, 0.3) is 0 Å². The van der Waals surface area contributed by atoms with E-state index in [4.69, 9.17) is 21.1 Å². The third-order valence-corrected chi connectivity index (χ3v) is 3.54.